The predicted molar refractivity (Wildman–Crippen MR) is 95.4 cm³/mol. The number of rotatable bonds is 6. The van der Waals surface area contributed by atoms with E-state index in [1.165, 1.54) is 0 Å². The van der Waals surface area contributed by atoms with Crippen LogP contribution in [-0.2, 0) is 11.3 Å². The van der Waals surface area contributed by atoms with Crippen molar-refractivity contribution in [2.24, 2.45) is 5.73 Å². The maximum Gasteiger partial charge on any atom is 0.240 e. The zero-order valence-corrected chi connectivity index (χ0v) is 14.4. The van der Waals surface area contributed by atoms with Gasteiger partial charge in [0.1, 0.15) is 5.82 Å². The predicted octanol–water partition coefficient (Wildman–Crippen LogP) is 2.43. The van der Waals surface area contributed by atoms with Gasteiger partial charge in [-0.25, -0.2) is 4.98 Å². The number of carbonyl (C=O) groups excluding carboxylic acids is 1. The van der Waals surface area contributed by atoms with Crippen LogP contribution < -0.4 is 16.0 Å². The Morgan fingerprint density at radius 1 is 1.35 bits per heavy atom. The van der Waals surface area contributed by atoms with Crippen molar-refractivity contribution in [3.05, 3.63) is 35.9 Å². The number of anilines is 1. The summed E-state index contributed by atoms with van der Waals surface area (Å²) in [7, 11) is 3.91. The van der Waals surface area contributed by atoms with E-state index in [0.717, 1.165) is 28.7 Å². The lowest BCUT2D eigenvalue weighted by atomic mass is 9.96. The number of carbonyl (C=O) groups is 1. The normalized spacial score (nSPS) is 13.6. The van der Waals surface area contributed by atoms with Gasteiger partial charge >= 0.3 is 0 Å². The number of hydrogen-bond donors (Lipinski definition) is 2. The molecule has 2 aromatic rings. The van der Waals surface area contributed by atoms with E-state index in [4.69, 9.17) is 5.73 Å². The second-order valence-electron chi connectivity index (χ2n) is 6.40. The molecule has 0 fully saturated rings. The molecule has 1 unspecified atom stereocenters. The molecule has 0 spiro atoms. The highest BCUT2D eigenvalue weighted by Crippen LogP contribution is 2.22. The summed E-state index contributed by atoms with van der Waals surface area (Å²) in [5.41, 5.74) is 7.23. The molecule has 1 aromatic carbocycles. The van der Waals surface area contributed by atoms with Crippen molar-refractivity contribution in [2.45, 2.75) is 38.8 Å². The third-order valence-electron chi connectivity index (χ3n) is 3.97. The molecule has 2 rings (SSSR count). The van der Waals surface area contributed by atoms with Crippen LogP contribution in [0.4, 0.5) is 5.82 Å². The maximum atomic E-state index is 12.3. The van der Waals surface area contributed by atoms with Crippen LogP contribution in [0, 0.1) is 0 Å². The van der Waals surface area contributed by atoms with E-state index >= 15 is 0 Å². The first-order chi connectivity index (χ1) is 10.8. The van der Waals surface area contributed by atoms with E-state index in [0.29, 0.717) is 13.0 Å². The third kappa shape index (κ3) is 3.99. The fourth-order valence-electron chi connectivity index (χ4n) is 2.62. The summed E-state index contributed by atoms with van der Waals surface area (Å²) in [6.07, 6.45) is 1.54. The molecular weight excluding hydrogens is 288 g/mol. The van der Waals surface area contributed by atoms with Gasteiger partial charge in [-0.15, -0.1) is 0 Å². The Morgan fingerprint density at radius 2 is 2.04 bits per heavy atom. The number of nitrogens with two attached hydrogens (primary N) is 1. The first-order valence-electron chi connectivity index (χ1n) is 7.98. The van der Waals surface area contributed by atoms with E-state index in [9.17, 15) is 4.79 Å². The lowest BCUT2D eigenvalue weighted by Gasteiger charge is -2.23. The highest BCUT2D eigenvalue weighted by molar-refractivity contribution is 5.87. The van der Waals surface area contributed by atoms with Crippen molar-refractivity contribution < 1.29 is 4.79 Å². The minimum Gasteiger partial charge on any atom is -0.363 e. The molecule has 5 nitrogen and oxygen atoms in total. The van der Waals surface area contributed by atoms with E-state index in [-0.39, 0.29) is 5.91 Å². The van der Waals surface area contributed by atoms with Crippen molar-refractivity contribution in [2.75, 3.05) is 19.0 Å². The van der Waals surface area contributed by atoms with Crippen LogP contribution in [0.15, 0.2) is 30.3 Å². The molecule has 23 heavy (non-hydrogen) atoms. The molecule has 1 atom stereocenters. The second kappa shape index (κ2) is 6.96. The zero-order chi connectivity index (χ0) is 17.0. The molecule has 1 aromatic heterocycles. The summed E-state index contributed by atoms with van der Waals surface area (Å²) in [4.78, 5) is 18.9. The SMILES string of the molecule is CCCC(C)(N)C(=O)NCc1cc(N(C)C)nc2ccccc12. The lowest BCUT2D eigenvalue weighted by molar-refractivity contribution is -0.126. The van der Waals surface area contributed by atoms with Gasteiger partial charge in [-0.3, -0.25) is 4.79 Å². The summed E-state index contributed by atoms with van der Waals surface area (Å²) in [5, 5.41) is 4.02. The quantitative estimate of drug-likeness (QED) is 0.859. The maximum absolute atomic E-state index is 12.3. The van der Waals surface area contributed by atoms with Crippen LogP contribution in [-0.4, -0.2) is 30.5 Å². The number of nitrogens with zero attached hydrogens (tertiary/aromatic N) is 2. The molecule has 3 N–H and O–H groups in total. The van der Waals surface area contributed by atoms with Gasteiger partial charge < -0.3 is 16.0 Å². The summed E-state index contributed by atoms with van der Waals surface area (Å²) in [5.74, 6) is 0.753. The Balaban J connectivity index is 2.27. The molecule has 5 heteroatoms. The third-order valence-corrected chi connectivity index (χ3v) is 3.97. The molecular formula is C18H26N4O. The fraction of sp³-hybridized carbons (Fsp3) is 0.444. The fourth-order valence-corrected chi connectivity index (χ4v) is 2.62. The van der Waals surface area contributed by atoms with Crippen LogP contribution in [0.5, 0.6) is 0 Å². The number of amides is 1. The summed E-state index contributed by atoms with van der Waals surface area (Å²) >= 11 is 0. The summed E-state index contributed by atoms with van der Waals surface area (Å²) in [6, 6.07) is 9.97. The average molecular weight is 314 g/mol. The van der Waals surface area contributed by atoms with Crippen LogP contribution >= 0.6 is 0 Å². The number of aromatic nitrogens is 1. The Labute approximate surface area is 137 Å². The Bertz CT molecular complexity index is 694. The molecule has 1 amide bonds. The van der Waals surface area contributed by atoms with Crippen LogP contribution in [0.3, 0.4) is 0 Å². The minimum atomic E-state index is -0.831. The van der Waals surface area contributed by atoms with E-state index in [2.05, 4.69) is 10.3 Å². The zero-order valence-electron chi connectivity index (χ0n) is 14.4. The molecule has 1 heterocycles. The largest absolute Gasteiger partial charge is 0.363 e. The second-order valence-corrected chi connectivity index (χ2v) is 6.40. The molecule has 124 valence electrons. The van der Waals surface area contributed by atoms with Crippen molar-refractivity contribution in [1.29, 1.82) is 0 Å². The molecule has 0 aliphatic rings. The topological polar surface area (TPSA) is 71.2 Å². The van der Waals surface area contributed by atoms with Crippen molar-refractivity contribution in [1.82, 2.24) is 10.3 Å². The average Bonchev–Trinajstić information content (AvgIpc) is 2.51. The molecule has 0 saturated heterocycles. The highest BCUT2D eigenvalue weighted by Gasteiger charge is 2.26. The number of hydrogen-bond acceptors (Lipinski definition) is 4. The lowest BCUT2D eigenvalue weighted by Crippen LogP contribution is -2.51. The molecule has 0 aliphatic heterocycles. The molecule has 0 radical (unpaired) electrons. The van der Waals surface area contributed by atoms with Gasteiger partial charge in [-0.2, -0.15) is 0 Å². The first-order valence-corrected chi connectivity index (χ1v) is 7.98. The number of benzene rings is 1. The van der Waals surface area contributed by atoms with Gasteiger partial charge in [0.05, 0.1) is 11.1 Å². The number of pyridine rings is 1. The van der Waals surface area contributed by atoms with Crippen LogP contribution in [0.1, 0.15) is 32.3 Å². The van der Waals surface area contributed by atoms with Crippen LogP contribution in [0.2, 0.25) is 0 Å². The summed E-state index contributed by atoms with van der Waals surface area (Å²) in [6.45, 7) is 4.25. The standard InChI is InChI=1S/C18H26N4O/c1-5-10-18(2,19)17(23)20-12-13-11-16(22(3)4)21-15-9-7-6-8-14(13)15/h6-9,11H,5,10,12,19H2,1-4H3,(H,20,23). The number of nitrogens with one attached hydrogen (secondary N) is 1. The molecule has 0 bridgehead atoms. The van der Waals surface area contributed by atoms with Crippen molar-refractivity contribution in [3.8, 4) is 0 Å². The highest BCUT2D eigenvalue weighted by atomic mass is 16.2. The van der Waals surface area contributed by atoms with E-state index in [1.807, 2.05) is 56.3 Å². The number of fused-ring (bicyclic) bond motifs is 1. The Hall–Kier alpha value is -2.14. The molecule has 0 aliphatic carbocycles. The van der Waals surface area contributed by atoms with Gasteiger partial charge in [0.15, 0.2) is 0 Å². The Morgan fingerprint density at radius 3 is 2.70 bits per heavy atom. The first kappa shape index (κ1) is 17.2. The van der Waals surface area contributed by atoms with Gasteiger partial charge in [0, 0.05) is 26.0 Å². The van der Waals surface area contributed by atoms with E-state index < -0.39 is 5.54 Å². The van der Waals surface area contributed by atoms with Gasteiger partial charge in [-0.1, -0.05) is 31.5 Å². The van der Waals surface area contributed by atoms with Gasteiger partial charge in [0.2, 0.25) is 5.91 Å². The van der Waals surface area contributed by atoms with Crippen molar-refractivity contribution >= 4 is 22.6 Å². The van der Waals surface area contributed by atoms with Crippen molar-refractivity contribution in [3.63, 3.8) is 0 Å². The van der Waals surface area contributed by atoms with Crippen LogP contribution in [0.25, 0.3) is 10.9 Å². The van der Waals surface area contributed by atoms with Gasteiger partial charge in [-0.05, 0) is 31.0 Å². The number of para-hydroxylation sites is 1. The summed E-state index contributed by atoms with van der Waals surface area (Å²) < 4.78 is 0. The van der Waals surface area contributed by atoms with E-state index in [1.54, 1.807) is 6.92 Å². The monoisotopic (exact) mass is 314 g/mol. The molecule has 0 saturated carbocycles. The van der Waals surface area contributed by atoms with Gasteiger partial charge in [0.25, 0.3) is 0 Å². The smallest absolute Gasteiger partial charge is 0.240 e. The minimum absolute atomic E-state index is 0.119. The Kier molecular flexibility index (Phi) is 5.21.